The van der Waals surface area contributed by atoms with Gasteiger partial charge in [-0.25, -0.2) is 0 Å². The summed E-state index contributed by atoms with van der Waals surface area (Å²) in [4.78, 5) is 0. The van der Waals surface area contributed by atoms with Crippen molar-refractivity contribution in [3.63, 3.8) is 0 Å². The Bertz CT molecular complexity index is 670. The molecule has 0 atom stereocenters. The molecule has 0 saturated heterocycles. The maximum absolute atomic E-state index is 2.34. The number of hydrogen-bond acceptors (Lipinski definition) is 0. The van der Waals surface area contributed by atoms with E-state index in [9.17, 15) is 0 Å². The second kappa shape index (κ2) is 6.05. The van der Waals surface area contributed by atoms with Crippen molar-refractivity contribution in [1.29, 1.82) is 0 Å². The quantitative estimate of drug-likeness (QED) is 0.625. The molecule has 1 aliphatic rings. The molecular formula is C20H22Zr. The van der Waals surface area contributed by atoms with Crippen LogP contribution in [-0.4, -0.2) is 0 Å². The second-order valence-corrected chi connectivity index (χ2v) is 6.87. The number of hydrogen-bond donors (Lipinski definition) is 0. The molecule has 0 N–H and O–H groups in total. The molecule has 21 heavy (non-hydrogen) atoms. The maximum Gasteiger partial charge on any atom is 0 e. The van der Waals surface area contributed by atoms with Crippen molar-refractivity contribution < 1.29 is 26.2 Å². The van der Waals surface area contributed by atoms with E-state index in [0.717, 1.165) is 6.42 Å². The summed E-state index contributed by atoms with van der Waals surface area (Å²) < 4.78 is 0. The van der Waals surface area contributed by atoms with Gasteiger partial charge in [-0.2, -0.15) is 0 Å². The van der Waals surface area contributed by atoms with Gasteiger partial charge >= 0.3 is 0 Å². The van der Waals surface area contributed by atoms with Gasteiger partial charge in [0.2, 0.25) is 0 Å². The zero-order valence-electron chi connectivity index (χ0n) is 13.3. The van der Waals surface area contributed by atoms with Gasteiger partial charge in [-0.15, -0.1) is 0 Å². The topological polar surface area (TPSA) is 0 Å². The number of fused-ring (bicyclic) bond motifs is 1. The maximum atomic E-state index is 2.34. The van der Waals surface area contributed by atoms with Crippen molar-refractivity contribution in [2.75, 3.05) is 0 Å². The van der Waals surface area contributed by atoms with E-state index in [0.29, 0.717) is 0 Å². The zero-order chi connectivity index (χ0) is 14.3. The third-order valence-electron chi connectivity index (χ3n) is 4.12. The molecule has 0 fully saturated rings. The molecule has 0 radical (unpaired) electrons. The fourth-order valence-corrected chi connectivity index (χ4v) is 2.94. The van der Waals surface area contributed by atoms with Crippen molar-refractivity contribution in [2.45, 2.75) is 39.5 Å². The summed E-state index contributed by atoms with van der Waals surface area (Å²) in [5, 5.41) is 0. The van der Waals surface area contributed by atoms with Crippen LogP contribution >= 0.6 is 0 Å². The SMILES string of the molecule is CC1=Cc2c(cccc2-c2ccc(C(C)(C)C)cc2)C1.[Zr]. The van der Waals surface area contributed by atoms with Crippen LogP contribution in [0, 0.1) is 0 Å². The Balaban J connectivity index is 0.00000161. The summed E-state index contributed by atoms with van der Waals surface area (Å²) in [6.07, 6.45) is 3.44. The Hall–Kier alpha value is -0.937. The third kappa shape index (κ3) is 3.29. The van der Waals surface area contributed by atoms with E-state index < -0.39 is 0 Å². The molecule has 0 nitrogen and oxygen atoms in total. The minimum absolute atomic E-state index is 0. The molecule has 0 amide bonds. The number of allylic oxidation sites excluding steroid dienone is 1. The average molecular weight is 354 g/mol. The molecule has 0 aliphatic heterocycles. The first-order valence-electron chi connectivity index (χ1n) is 7.35. The van der Waals surface area contributed by atoms with E-state index in [1.54, 1.807) is 0 Å². The van der Waals surface area contributed by atoms with E-state index >= 15 is 0 Å². The molecule has 0 saturated carbocycles. The van der Waals surface area contributed by atoms with Crippen molar-refractivity contribution >= 4 is 6.08 Å². The third-order valence-corrected chi connectivity index (χ3v) is 4.12. The first kappa shape index (κ1) is 16.4. The molecule has 0 aromatic heterocycles. The van der Waals surface area contributed by atoms with Crippen LogP contribution in [-0.2, 0) is 38.0 Å². The molecule has 106 valence electrons. The molecule has 0 bridgehead atoms. The Kier molecular flexibility index (Phi) is 4.73. The van der Waals surface area contributed by atoms with E-state index in [1.165, 1.54) is 33.4 Å². The number of rotatable bonds is 1. The molecular weight excluding hydrogens is 331 g/mol. The van der Waals surface area contributed by atoms with Crippen LogP contribution in [0.4, 0.5) is 0 Å². The molecule has 3 rings (SSSR count). The van der Waals surface area contributed by atoms with Crippen LogP contribution in [0.15, 0.2) is 48.0 Å². The summed E-state index contributed by atoms with van der Waals surface area (Å²) in [6.45, 7) is 8.99. The van der Waals surface area contributed by atoms with Gasteiger partial charge in [0, 0.05) is 26.2 Å². The Morgan fingerprint density at radius 1 is 0.905 bits per heavy atom. The van der Waals surface area contributed by atoms with Gasteiger partial charge in [-0.3, -0.25) is 0 Å². The summed E-state index contributed by atoms with van der Waals surface area (Å²) in [7, 11) is 0. The first-order valence-corrected chi connectivity index (χ1v) is 7.35. The average Bonchev–Trinajstić information content (AvgIpc) is 2.78. The van der Waals surface area contributed by atoms with Crippen LogP contribution in [0.2, 0.25) is 0 Å². The fraction of sp³-hybridized carbons (Fsp3) is 0.300. The Morgan fingerprint density at radius 3 is 2.19 bits per heavy atom. The molecule has 0 heterocycles. The summed E-state index contributed by atoms with van der Waals surface area (Å²) in [5.41, 5.74) is 8.61. The molecule has 2 aromatic rings. The van der Waals surface area contributed by atoms with Gasteiger partial charge in [0.05, 0.1) is 0 Å². The molecule has 0 unspecified atom stereocenters. The predicted molar refractivity (Wildman–Crippen MR) is 87.9 cm³/mol. The van der Waals surface area contributed by atoms with Crippen LogP contribution < -0.4 is 0 Å². The van der Waals surface area contributed by atoms with Crippen molar-refractivity contribution in [3.05, 3.63) is 64.7 Å². The fourth-order valence-electron chi connectivity index (χ4n) is 2.94. The van der Waals surface area contributed by atoms with Crippen molar-refractivity contribution in [1.82, 2.24) is 0 Å². The van der Waals surface area contributed by atoms with Gasteiger partial charge in [-0.1, -0.05) is 74.9 Å². The minimum atomic E-state index is 0. The van der Waals surface area contributed by atoms with Crippen molar-refractivity contribution in [3.8, 4) is 11.1 Å². The van der Waals surface area contributed by atoms with Gasteiger partial charge in [0.1, 0.15) is 0 Å². The largest absolute Gasteiger partial charge is 0.0683 e. The number of benzene rings is 2. The Morgan fingerprint density at radius 2 is 1.57 bits per heavy atom. The van der Waals surface area contributed by atoms with E-state index in [4.69, 9.17) is 0 Å². The van der Waals surface area contributed by atoms with Crippen LogP contribution in [0.25, 0.3) is 17.2 Å². The monoisotopic (exact) mass is 352 g/mol. The van der Waals surface area contributed by atoms with E-state index in [2.05, 4.69) is 76.2 Å². The molecule has 0 spiro atoms. The molecule has 1 aliphatic carbocycles. The normalized spacial score (nSPS) is 13.4. The summed E-state index contributed by atoms with van der Waals surface area (Å²) in [6, 6.07) is 15.7. The van der Waals surface area contributed by atoms with Crippen molar-refractivity contribution in [2.24, 2.45) is 0 Å². The van der Waals surface area contributed by atoms with E-state index in [-0.39, 0.29) is 31.6 Å². The second-order valence-electron chi connectivity index (χ2n) is 6.87. The molecule has 2 aromatic carbocycles. The summed E-state index contributed by atoms with van der Waals surface area (Å²) in [5.74, 6) is 0. The van der Waals surface area contributed by atoms with Crippen LogP contribution in [0.5, 0.6) is 0 Å². The van der Waals surface area contributed by atoms with Gasteiger partial charge in [-0.05, 0) is 46.6 Å². The van der Waals surface area contributed by atoms with Crippen LogP contribution in [0.1, 0.15) is 44.4 Å². The first-order chi connectivity index (χ1) is 9.45. The summed E-state index contributed by atoms with van der Waals surface area (Å²) >= 11 is 0. The van der Waals surface area contributed by atoms with Crippen LogP contribution in [0.3, 0.4) is 0 Å². The van der Waals surface area contributed by atoms with Gasteiger partial charge in [0.25, 0.3) is 0 Å². The van der Waals surface area contributed by atoms with Gasteiger partial charge < -0.3 is 0 Å². The minimum Gasteiger partial charge on any atom is -0.0683 e. The van der Waals surface area contributed by atoms with Gasteiger partial charge in [0.15, 0.2) is 0 Å². The Labute approximate surface area is 147 Å². The smallest absolute Gasteiger partial charge is 0 e. The zero-order valence-corrected chi connectivity index (χ0v) is 15.8. The van der Waals surface area contributed by atoms with E-state index in [1.807, 2.05) is 0 Å². The predicted octanol–water partition coefficient (Wildman–Crippen LogP) is 5.61. The molecule has 1 heteroatoms. The standard InChI is InChI=1S/C20H22.Zr/c1-14-12-16-6-5-7-18(19(16)13-14)15-8-10-17(11-9-15)20(2,3)4;/h5-11,13H,12H2,1-4H3;.